The molecule has 1 amide bonds. The zero-order valence-corrected chi connectivity index (χ0v) is 10.8. The van der Waals surface area contributed by atoms with Crippen molar-refractivity contribution in [2.45, 2.75) is 13.0 Å². The molecule has 0 fully saturated rings. The summed E-state index contributed by atoms with van der Waals surface area (Å²) in [5, 5.41) is 2.67. The Morgan fingerprint density at radius 3 is 2.35 bits per heavy atom. The minimum atomic E-state index is -0.548. The van der Waals surface area contributed by atoms with E-state index in [2.05, 4.69) is 5.32 Å². The molecule has 0 heterocycles. The number of carbonyl (C=O) groups is 1. The predicted molar refractivity (Wildman–Crippen MR) is 69.1 cm³/mol. The maximum Gasteiger partial charge on any atom is 0.241 e. The number of anilines is 1. The van der Waals surface area contributed by atoms with Crippen LogP contribution in [0, 0.1) is 0 Å². The molecule has 0 radical (unpaired) electrons. The van der Waals surface area contributed by atoms with Crippen LogP contribution in [0.15, 0.2) is 18.2 Å². The Balaban J connectivity index is 0.00000256. The first kappa shape index (κ1) is 15.5. The van der Waals surface area contributed by atoms with Gasteiger partial charge in [0, 0.05) is 11.8 Å². The molecular formula is C11H17ClN2O3. The van der Waals surface area contributed by atoms with Crippen molar-refractivity contribution in [2.24, 2.45) is 5.73 Å². The lowest BCUT2D eigenvalue weighted by atomic mass is 10.2. The first-order chi connectivity index (χ1) is 7.58. The van der Waals surface area contributed by atoms with E-state index in [1.54, 1.807) is 32.2 Å². The summed E-state index contributed by atoms with van der Waals surface area (Å²) >= 11 is 0. The van der Waals surface area contributed by atoms with Crippen LogP contribution in [0.4, 0.5) is 5.69 Å². The van der Waals surface area contributed by atoms with E-state index in [9.17, 15) is 4.79 Å². The summed E-state index contributed by atoms with van der Waals surface area (Å²) in [5.74, 6) is 0.929. The van der Waals surface area contributed by atoms with E-state index in [-0.39, 0.29) is 18.3 Å². The van der Waals surface area contributed by atoms with E-state index in [1.807, 2.05) is 0 Å². The molecule has 0 aliphatic rings. The molecule has 1 rings (SSSR count). The summed E-state index contributed by atoms with van der Waals surface area (Å²) in [5.41, 5.74) is 6.07. The van der Waals surface area contributed by atoms with Gasteiger partial charge in [-0.05, 0) is 19.1 Å². The number of benzene rings is 1. The first-order valence-electron chi connectivity index (χ1n) is 4.87. The Morgan fingerprint density at radius 1 is 1.29 bits per heavy atom. The van der Waals surface area contributed by atoms with Gasteiger partial charge in [0.1, 0.15) is 0 Å². The third-order valence-electron chi connectivity index (χ3n) is 2.06. The topological polar surface area (TPSA) is 73.6 Å². The van der Waals surface area contributed by atoms with E-state index < -0.39 is 6.04 Å². The molecule has 5 nitrogen and oxygen atoms in total. The highest BCUT2D eigenvalue weighted by molar-refractivity contribution is 5.94. The molecule has 0 aliphatic carbocycles. The monoisotopic (exact) mass is 260 g/mol. The predicted octanol–water partition coefficient (Wildman–Crippen LogP) is 1.41. The van der Waals surface area contributed by atoms with Crippen molar-refractivity contribution in [1.82, 2.24) is 0 Å². The number of halogens is 1. The molecule has 96 valence electrons. The van der Waals surface area contributed by atoms with Gasteiger partial charge in [0.05, 0.1) is 20.3 Å². The van der Waals surface area contributed by atoms with Gasteiger partial charge in [-0.25, -0.2) is 0 Å². The van der Waals surface area contributed by atoms with Gasteiger partial charge in [-0.2, -0.15) is 0 Å². The number of nitrogens with one attached hydrogen (secondary N) is 1. The molecule has 0 aromatic heterocycles. The molecule has 0 bridgehead atoms. The summed E-state index contributed by atoms with van der Waals surface area (Å²) < 4.78 is 10.2. The zero-order chi connectivity index (χ0) is 12.1. The summed E-state index contributed by atoms with van der Waals surface area (Å²) in [6.45, 7) is 1.62. The lowest BCUT2D eigenvalue weighted by Gasteiger charge is -2.11. The number of hydrogen-bond acceptors (Lipinski definition) is 4. The molecule has 3 N–H and O–H groups in total. The second kappa shape index (κ2) is 6.98. The van der Waals surface area contributed by atoms with E-state index in [0.717, 1.165) is 0 Å². The van der Waals surface area contributed by atoms with E-state index in [1.165, 1.54) is 7.11 Å². The SMILES string of the molecule is COc1ccc(NC(=O)[C@@H](C)N)cc1OC.Cl. The average molecular weight is 261 g/mol. The van der Waals surface area contributed by atoms with Gasteiger partial charge < -0.3 is 20.5 Å². The van der Waals surface area contributed by atoms with Crippen molar-refractivity contribution < 1.29 is 14.3 Å². The highest BCUT2D eigenvalue weighted by atomic mass is 35.5. The van der Waals surface area contributed by atoms with Gasteiger partial charge in [0.15, 0.2) is 11.5 Å². The van der Waals surface area contributed by atoms with Crippen LogP contribution >= 0.6 is 12.4 Å². The van der Waals surface area contributed by atoms with Crippen molar-refractivity contribution in [3.63, 3.8) is 0 Å². The van der Waals surface area contributed by atoms with Crippen LogP contribution in [0.5, 0.6) is 11.5 Å². The van der Waals surface area contributed by atoms with Crippen molar-refractivity contribution in [2.75, 3.05) is 19.5 Å². The summed E-state index contributed by atoms with van der Waals surface area (Å²) in [7, 11) is 3.09. The first-order valence-corrected chi connectivity index (χ1v) is 4.87. The number of rotatable bonds is 4. The molecule has 0 unspecified atom stereocenters. The molecular weight excluding hydrogens is 244 g/mol. The highest BCUT2D eigenvalue weighted by Gasteiger charge is 2.09. The highest BCUT2D eigenvalue weighted by Crippen LogP contribution is 2.29. The second-order valence-electron chi connectivity index (χ2n) is 3.35. The fraction of sp³-hybridized carbons (Fsp3) is 0.364. The number of carbonyl (C=O) groups excluding carboxylic acids is 1. The summed E-state index contributed by atoms with van der Waals surface area (Å²) in [6.07, 6.45) is 0. The lowest BCUT2D eigenvalue weighted by molar-refractivity contribution is -0.117. The van der Waals surface area contributed by atoms with E-state index in [4.69, 9.17) is 15.2 Å². The van der Waals surface area contributed by atoms with Gasteiger partial charge in [-0.1, -0.05) is 0 Å². The maximum absolute atomic E-state index is 11.4. The van der Waals surface area contributed by atoms with Gasteiger partial charge in [0.2, 0.25) is 5.91 Å². The molecule has 0 saturated carbocycles. The molecule has 1 aromatic carbocycles. The van der Waals surface area contributed by atoms with Crippen molar-refractivity contribution >= 4 is 24.0 Å². The number of methoxy groups -OCH3 is 2. The van der Waals surface area contributed by atoms with Gasteiger partial charge in [-0.3, -0.25) is 4.79 Å². The van der Waals surface area contributed by atoms with Gasteiger partial charge in [0.25, 0.3) is 0 Å². The van der Waals surface area contributed by atoms with E-state index >= 15 is 0 Å². The number of nitrogens with two attached hydrogens (primary N) is 1. The Hall–Kier alpha value is -1.46. The van der Waals surface area contributed by atoms with Crippen LogP contribution in [0.3, 0.4) is 0 Å². The Bertz CT molecular complexity index is 383. The molecule has 1 aromatic rings. The Kier molecular flexibility index (Phi) is 6.38. The van der Waals surface area contributed by atoms with Crippen molar-refractivity contribution in [3.05, 3.63) is 18.2 Å². The van der Waals surface area contributed by atoms with E-state index in [0.29, 0.717) is 17.2 Å². The number of ether oxygens (including phenoxy) is 2. The second-order valence-corrected chi connectivity index (χ2v) is 3.35. The van der Waals surface area contributed by atoms with Crippen LogP contribution in [-0.2, 0) is 4.79 Å². The van der Waals surface area contributed by atoms with Crippen LogP contribution in [0.2, 0.25) is 0 Å². The molecule has 0 aliphatic heterocycles. The van der Waals surface area contributed by atoms with Crippen molar-refractivity contribution in [3.8, 4) is 11.5 Å². The minimum absolute atomic E-state index is 0. The summed E-state index contributed by atoms with van der Waals surface area (Å²) in [6, 6.07) is 4.57. The quantitative estimate of drug-likeness (QED) is 0.859. The Labute approximate surface area is 107 Å². The number of hydrogen-bond donors (Lipinski definition) is 2. The lowest BCUT2D eigenvalue weighted by Crippen LogP contribution is -2.32. The average Bonchev–Trinajstić information content (AvgIpc) is 2.28. The zero-order valence-electron chi connectivity index (χ0n) is 10.0. The fourth-order valence-corrected chi connectivity index (χ4v) is 1.17. The number of amides is 1. The molecule has 0 saturated heterocycles. The smallest absolute Gasteiger partial charge is 0.241 e. The third kappa shape index (κ3) is 4.13. The molecule has 6 heteroatoms. The molecule has 17 heavy (non-hydrogen) atoms. The largest absolute Gasteiger partial charge is 0.493 e. The normalized spacial score (nSPS) is 11.1. The van der Waals surface area contributed by atoms with Gasteiger partial charge in [-0.15, -0.1) is 12.4 Å². The van der Waals surface area contributed by atoms with Crippen LogP contribution in [0.1, 0.15) is 6.92 Å². The van der Waals surface area contributed by atoms with Crippen LogP contribution in [-0.4, -0.2) is 26.2 Å². The Morgan fingerprint density at radius 2 is 1.88 bits per heavy atom. The minimum Gasteiger partial charge on any atom is -0.493 e. The maximum atomic E-state index is 11.4. The third-order valence-corrected chi connectivity index (χ3v) is 2.06. The van der Waals surface area contributed by atoms with Crippen LogP contribution in [0.25, 0.3) is 0 Å². The van der Waals surface area contributed by atoms with Crippen LogP contribution < -0.4 is 20.5 Å². The standard InChI is InChI=1S/C11H16N2O3.ClH/c1-7(12)11(14)13-8-4-5-9(15-2)10(6-8)16-3;/h4-7H,12H2,1-3H3,(H,13,14);1H/t7-;/m1./s1. The summed E-state index contributed by atoms with van der Waals surface area (Å²) in [4.78, 5) is 11.4. The van der Waals surface area contributed by atoms with Crippen molar-refractivity contribution in [1.29, 1.82) is 0 Å². The molecule has 0 spiro atoms. The fourth-order valence-electron chi connectivity index (χ4n) is 1.17. The van der Waals surface area contributed by atoms with Gasteiger partial charge >= 0.3 is 0 Å². The molecule has 1 atom stereocenters.